The Hall–Kier alpha value is -2.21. The summed E-state index contributed by atoms with van der Waals surface area (Å²) in [7, 11) is 0. The van der Waals surface area contributed by atoms with Crippen LogP contribution in [0.15, 0.2) is 35.0 Å². The minimum absolute atomic E-state index is 0.0717. The number of hydrogen-bond acceptors (Lipinski definition) is 5. The molecule has 1 aliphatic heterocycles. The van der Waals surface area contributed by atoms with Crippen molar-refractivity contribution >= 4 is 5.91 Å². The molecule has 6 heteroatoms. The number of pyridine rings is 1. The van der Waals surface area contributed by atoms with E-state index in [4.69, 9.17) is 4.42 Å². The van der Waals surface area contributed by atoms with Crippen molar-refractivity contribution in [2.75, 3.05) is 19.6 Å². The molecule has 0 bridgehead atoms. The summed E-state index contributed by atoms with van der Waals surface area (Å²) in [5, 5.41) is 0. The van der Waals surface area contributed by atoms with Gasteiger partial charge in [-0.3, -0.25) is 9.78 Å². The van der Waals surface area contributed by atoms with Crippen LogP contribution in [0.2, 0.25) is 0 Å². The van der Waals surface area contributed by atoms with E-state index < -0.39 is 0 Å². The molecule has 1 aliphatic rings. The van der Waals surface area contributed by atoms with Crippen molar-refractivity contribution in [3.63, 3.8) is 0 Å². The minimum atomic E-state index is 0.0717. The van der Waals surface area contributed by atoms with Crippen molar-refractivity contribution in [3.05, 3.63) is 47.9 Å². The zero-order valence-electron chi connectivity index (χ0n) is 14.3. The summed E-state index contributed by atoms with van der Waals surface area (Å²) < 4.78 is 5.53. The Morgan fingerprint density at radius 3 is 2.96 bits per heavy atom. The topological polar surface area (TPSA) is 62.5 Å². The largest absolute Gasteiger partial charge is 0.444 e. The average Bonchev–Trinajstić information content (AvgIpc) is 3.20. The second kappa shape index (κ2) is 7.57. The van der Waals surface area contributed by atoms with Crippen molar-refractivity contribution in [1.29, 1.82) is 0 Å². The molecule has 1 fully saturated rings. The molecule has 2 aromatic heterocycles. The Kier molecular flexibility index (Phi) is 5.25. The number of hydrogen-bond donors (Lipinski definition) is 0. The molecule has 0 aliphatic carbocycles. The molecule has 1 atom stereocenters. The molecule has 24 heavy (non-hydrogen) atoms. The number of aryl methyl sites for hydroxylation is 1. The van der Waals surface area contributed by atoms with Gasteiger partial charge >= 0.3 is 0 Å². The zero-order valence-corrected chi connectivity index (χ0v) is 14.3. The fourth-order valence-corrected chi connectivity index (χ4v) is 3.21. The molecule has 0 aromatic carbocycles. The van der Waals surface area contributed by atoms with Gasteiger partial charge in [0.2, 0.25) is 11.8 Å². The Morgan fingerprint density at radius 2 is 2.29 bits per heavy atom. The molecule has 0 N–H and O–H groups in total. The van der Waals surface area contributed by atoms with E-state index in [1.165, 1.54) is 0 Å². The minimum Gasteiger partial charge on any atom is -0.444 e. The fourth-order valence-electron chi connectivity index (χ4n) is 3.21. The Bertz CT molecular complexity index is 671. The number of carbonyl (C=O) groups excluding carboxylic acids is 1. The third-order valence-electron chi connectivity index (χ3n) is 4.48. The Labute approximate surface area is 142 Å². The summed E-state index contributed by atoms with van der Waals surface area (Å²) in [6, 6.07) is 6.23. The summed E-state index contributed by atoms with van der Waals surface area (Å²) in [5.74, 6) is 1.45. The maximum absolute atomic E-state index is 12.1. The van der Waals surface area contributed by atoms with Crippen molar-refractivity contribution in [3.8, 4) is 0 Å². The number of aromatic nitrogens is 2. The summed E-state index contributed by atoms with van der Waals surface area (Å²) in [6.07, 6.45) is 5.45. The maximum atomic E-state index is 12.1. The first-order chi connectivity index (χ1) is 11.6. The number of oxazole rings is 1. The van der Waals surface area contributed by atoms with Crippen molar-refractivity contribution in [1.82, 2.24) is 19.8 Å². The highest BCUT2D eigenvalue weighted by molar-refractivity contribution is 5.73. The van der Waals surface area contributed by atoms with Crippen LogP contribution in [0.1, 0.15) is 30.7 Å². The highest BCUT2D eigenvalue weighted by Crippen LogP contribution is 2.19. The van der Waals surface area contributed by atoms with Crippen LogP contribution in [0.25, 0.3) is 0 Å². The van der Waals surface area contributed by atoms with Crippen LogP contribution in [0.5, 0.6) is 0 Å². The predicted molar refractivity (Wildman–Crippen MR) is 90.3 cm³/mol. The summed E-state index contributed by atoms with van der Waals surface area (Å²) in [4.78, 5) is 24.9. The Morgan fingerprint density at radius 1 is 1.42 bits per heavy atom. The van der Waals surface area contributed by atoms with E-state index in [2.05, 4.69) is 20.9 Å². The highest BCUT2D eigenvalue weighted by Gasteiger charge is 2.30. The third kappa shape index (κ3) is 4.20. The summed E-state index contributed by atoms with van der Waals surface area (Å²) in [6.45, 7) is 6.80. The van der Waals surface area contributed by atoms with Gasteiger partial charge in [0.05, 0.1) is 12.7 Å². The number of rotatable bonds is 6. The maximum Gasteiger partial charge on any atom is 0.220 e. The first kappa shape index (κ1) is 16.6. The van der Waals surface area contributed by atoms with Crippen LogP contribution in [0, 0.1) is 6.92 Å². The third-order valence-corrected chi connectivity index (χ3v) is 4.48. The second-order valence-corrected chi connectivity index (χ2v) is 6.33. The van der Waals surface area contributed by atoms with E-state index in [1.807, 2.05) is 30.2 Å². The fraction of sp³-hybridized carbons (Fsp3) is 0.500. The van der Waals surface area contributed by atoms with Gasteiger partial charge in [-0.1, -0.05) is 6.07 Å². The molecule has 0 saturated carbocycles. The van der Waals surface area contributed by atoms with Crippen LogP contribution in [-0.2, 0) is 17.8 Å². The lowest BCUT2D eigenvalue weighted by Gasteiger charge is -2.27. The number of carbonyl (C=O) groups is 1. The van der Waals surface area contributed by atoms with Crippen molar-refractivity contribution in [2.45, 2.75) is 39.3 Å². The molecule has 3 rings (SSSR count). The second-order valence-electron chi connectivity index (χ2n) is 6.33. The first-order valence-corrected chi connectivity index (χ1v) is 8.42. The van der Waals surface area contributed by atoms with Gasteiger partial charge in [-0.05, 0) is 25.5 Å². The normalized spacial score (nSPS) is 18.0. The van der Waals surface area contributed by atoms with Crippen molar-refractivity contribution < 1.29 is 9.21 Å². The molecular formula is C18H24N4O2. The highest BCUT2D eigenvalue weighted by atomic mass is 16.4. The lowest BCUT2D eigenvalue weighted by molar-refractivity contribution is -0.132. The standard InChI is InChI=1S/C18H24N4O2/c1-14-11-20-18(24-14)13-22(15(2)23)17-7-10-21(12-17)9-6-16-5-3-4-8-19-16/h3-5,8,11,17H,6-7,9-10,12-13H2,1-2H3/t17-/m0/s1. The first-order valence-electron chi connectivity index (χ1n) is 8.42. The van der Waals surface area contributed by atoms with E-state index in [0.29, 0.717) is 12.4 Å². The zero-order chi connectivity index (χ0) is 16.9. The lowest BCUT2D eigenvalue weighted by Crippen LogP contribution is -2.40. The molecule has 1 saturated heterocycles. The van der Waals surface area contributed by atoms with Gasteiger partial charge in [-0.25, -0.2) is 4.98 Å². The van der Waals surface area contributed by atoms with Gasteiger partial charge in [0, 0.05) is 50.9 Å². The van der Waals surface area contributed by atoms with E-state index >= 15 is 0 Å². The van der Waals surface area contributed by atoms with E-state index in [-0.39, 0.29) is 11.9 Å². The van der Waals surface area contributed by atoms with Gasteiger partial charge in [0.15, 0.2) is 0 Å². The van der Waals surface area contributed by atoms with Crippen LogP contribution >= 0.6 is 0 Å². The van der Waals surface area contributed by atoms with Gasteiger partial charge < -0.3 is 14.2 Å². The van der Waals surface area contributed by atoms with Gasteiger partial charge in [-0.15, -0.1) is 0 Å². The SMILES string of the molecule is CC(=O)N(Cc1ncc(C)o1)[C@H]1CCN(CCc2ccccn2)C1. The molecule has 0 unspecified atom stereocenters. The van der Waals surface area contributed by atoms with E-state index in [1.54, 1.807) is 13.1 Å². The molecule has 128 valence electrons. The number of likely N-dealkylation sites (tertiary alicyclic amines) is 1. The van der Waals surface area contributed by atoms with Gasteiger partial charge in [-0.2, -0.15) is 0 Å². The van der Waals surface area contributed by atoms with Crippen LogP contribution in [0.3, 0.4) is 0 Å². The quantitative estimate of drug-likeness (QED) is 0.812. The molecule has 2 aromatic rings. The smallest absolute Gasteiger partial charge is 0.220 e. The van der Waals surface area contributed by atoms with Crippen LogP contribution in [0.4, 0.5) is 0 Å². The number of nitrogens with zero attached hydrogens (tertiary/aromatic N) is 4. The number of amides is 1. The monoisotopic (exact) mass is 328 g/mol. The van der Waals surface area contributed by atoms with Gasteiger partial charge in [0.25, 0.3) is 0 Å². The summed E-state index contributed by atoms with van der Waals surface area (Å²) >= 11 is 0. The van der Waals surface area contributed by atoms with Gasteiger partial charge in [0.1, 0.15) is 5.76 Å². The predicted octanol–water partition coefficient (Wildman–Crippen LogP) is 2.04. The van der Waals surface area contributed by atoms with E-state index in [0.717, 1.165) is 43.9 Å². The van der Waals surface area contributed by atoms with Crippen LogP contribution < -0.4 is 0 Å². The molecule has 0 radical (unpaired) electrons. The molecule has 3 heterocycles. The van der Waals surface area contributed by atoms with Crippen molar-refractivity contribution in [2.24, 2.45) is 0 Å². The molecule has 1 amide bonds. The Balaban J connectivity index is 1.55. The van der Waals surface area contributed by atoms with E-state index in [9.17, 15) is 4.79 Å². The van der Waals surface area contributed by atoms with Crippen LogP contribution in [-0.4, -0.2) is 51.4 Å². The average molecular weight is 328 g/mol. The molecular weight excluding hydrogens is 304 g/mol. The molecule has 0 spiro atoms. The molecule has 6 nitrogen and oxygen atoms in total. The summed E-state index contributed by atoms with van der Waals surface area (Å²) in [5.41, 5.74) is 1.11. The lowest BCUT2D eigenvalue weighted by atomic mass is 10.2.